The average Bonchev–Trinajstić information content (AvgIpc) is 3.42. The zero-order valence-corrected chi connectivity index (χ0v) is 14.2. The van der Waals surface area contributed by atoms with Crippen LogP contribution in [0.15, 0.2) is 60.7 Å². The van der Waals surface area contributed by atoms with Gasteiger partial charge in [-0.05, 0) is 48.0 Å². The summed E-state index contributed by atoms with van der Waals surface area (Å²) in [7, 11) is 0. The van der Waals surface area contributed by atoms with Crippen molar-refractivity contribution in [3.8, 4) is 11.4 Å². The molecule has 2 aromatic heterocycles. The van der Waals surface area contributed by atoms with Crippen LogP contribution in [0.1, 0.15) is 11.7 Å². The van der Waals surface area contributed by atoms with Crippen LogP contribution in [0.4, 0.5) is 11.4 Å². The molecule has 1 atom stereocenters. The number of hydrogen-bond donors (Lipinski definition) is 4. The number of fused-ring (bicyclic) bond motifs is 3. The average molecular weight is 353 g/mol. The van der Waals surface area contributed by atoms with Crippen LogP contribution in [0.2, 0.25) is 0 Å². The Kier molecular flexibility index (Phi) is 2.82. The summed E-state index contributed by atoms with van der Waals surface area (Å²) in [6, 6.07) is 20.4. The predicted octanol–water partition coefficient (Wildman–Crippen LogP) is 4.04. The first-order valence-corrected chi connectivity index (χ1v) is 8.76. The fourth-order valence-corrected chi connectivity index (χ4v) is 3.58. The van der Waals surface area contributed by atoms with Gasteiger partial charge < -0.3 is 15.6 Å². The van der Waals surface area contributed by atoms with E-state index in [0.29, 0.717) is 0 Å². The summed E-state index contributed by atoms with van der Waals surface area (Å²) >= 11 is 0. The van der Waals surface area contributed by atoms with Crippen LogP contribution in [0.25, 0.3) is 33.5 Å². The number of nitrogens with zero attached hydrogens (tertiary/aromatic N) is 3. The highest BCUT2D eigenvalue weighted by Crippen LogP contribution is 2.38. The second kappa shape index (κ2) is 5.31. The number of para-hydroxylation sites is 2. The van der Waals surface area contributed by atoms with E-state index in [4.69, 9.17) is 4.98 Å². The molecule has 1 aliphatic rings. The molecular weight excluding hydrogens is 338 g/mol. The Labute approximate surface area is 153 Å². The third kappa shape index (κ3) is 2.25. The number of hydrogen-bond acceptors (Lipinski definition) is 5. The monoisotopic (exact) mass is 353 g/mol. The number of aromatic nitrogens is 5. The third-order valence-corrected chi connectivity index (χ3v) is 4.97. The lowest BCUT2D eigenvalue weighted by Crippen LogP contribution is -2.11. The number of imidazole rings is 1. The molecule has 27 heavy (non-hydrogen) atoms. The zero-order chi connectivity index (χ0) is 17.8. The molecule has 7 heteroatoms. The number of anilines is 2. The maximum Gasteiger partial charge on any atom is 0.138 e. The van der Waals surface area contributed by atoms with Crippen LogP contribution in [0.5, 0.6) is 0 Å². The number of rotatable bonds is 2. The van der Waals surface area contributed by atoms with Gasteiger partial charge in [0, 0.05) is 5.56 Å². The highest BCUT2D eigenvalue weighted by molar-refractivity contribution is 5.84. The lowest BCUT2D eigenvalue weighted by Gasteiger charge is -2.12. The molecule has 3 aromatic carbocycles. The summed E-state index contributed by atoms with van der Waals surface area (Å²) < 4.78 is 0. The van der Waals surface area contributed by atoms with Gasteiger partial charge in [0.05, 0.1) is 27.9 Å². The molecule has 130 valence electrons. The molecule has 1 aliphatic heterocycles. The molecule has 0 radical (unpaired) electrons. The van der Waals surface area contributed by atoms with E-state index in [0.717, 1.165) is 50.4 Å². The maximum atomic E-state index is 4.69. The Morgan fingerprint density at radius 3 is 2.67 bits per heavy atom. The van der Waals surface area contributed by atoms with Gasteiger partial charge in [-0.1, -0.05) is 23.4 Å². The van der Waals surface area contributed by atoms with E-state index >= 15 is 0 Å². The molecule has 0 aliphatic carbocycles. The maximum absolute atomic E-state index is 4.69. The van der Waals surface area contributed by atoms with Crippen molar-refractivity contribution in [1.82, 2.24) is 25.4 Å². The fourth-order valence-electron chi connectivity index (χ4n) is 3.58. The van der Waals surface area contributed by atoms with Crippen molar-refractivity contribution in [2.75, 3.05) is 10.6 Å². The molecule has 0 fully saturated rings. The van der Waals surface area contributed by atoms with Gasteiger partial charge in [-0.15, -0.1) is 5.10 Å². The first-order chi connectivity index (χ1) is 13.3. The van der Waals surface area contributed by atoms with Crippen molar-refractivity contribution < 1.29 is 0 Å². The summed E-state index contributed by atoms with van der Waals surface area (Å²) in [5.74, 6) is 0.869. The van der Waals surface area contributed by atoms with Gasteiger partial charge in [-0.3, -0.25) is 5.10 Å². The molecule has 0 bridgehead atoms. The van der Waals surface area contributed by atoms with Gasteiger partial charge >= 0.3 is 0 Å². The smallest absolute Gasteiger partial charge is 0.138 e. The van der Waals surface area contributed by atoms with Gasteiger partial charge in [0.1, 0.15) is 17.5 Å². The summed E-state index contributed by atoms with van der Waals surface area (Å²) in [5, 5.41) is 17.9. The number of H-pyrrole nitrogens is 2. The zero-order valence-electron chi connectivity index (χ0n) is 14.2. The fraction of sp³-hybridized carbons (Fsp3) is 0.0500. The lowest BCUT2D eigenvalue weighted by atomic mass is 10.1. The van der Waals surface area contributed by atoms with Gasteiger partial charge in [0.25, 0.3) is 0 Å². The van der Waals surface area contributed by atoms with Crippen molar-refractivity contribution in [2.24, 2.45) is 0 Å². The van der Waals surface area contributed by atoms with Gasteiger partial charge in [-0.2, -0.15) is 0 Å². The minimum absolute atomic E-state index is 0.00739. The van der Waals surface area contributed by atoms with Crippen molar-refractivity contribution in [2.45, 2.75) is 6.17 Å². The Morgan fingerprint density at radius 2 is 1.70 bits per heavy atom. The highest BCUT2D eigenvalue weighted by atomic mass is 15.3. The van der Waals surface area contributed by atoms with E-state index in [2.05, 4.69) is 55.3 Å². The molecule has 3 heterocycles. The van der Waals surface area contributed by atoms with E-state index in [-0.39, 0.29) is 6.17 Å². The molecule has 7 nitrogen and oxygen atoms in total. The summed E-state index contributed by atoms with van der Waals surface area (Å²) in [5.41, 5.74) is 8.08. The molecule has 6 rings (SSSR count). The van der Waals surface area contributed by atoms with Crippen molar-refractivity contribution in [3.63, 3.8) is 0 Å². The summed E-state index contributed by atoms with van der Waals surface area (Å²) in [6.07, 6.45) is -0.00739. The largest absolute Gasteiger partial charge is 0.360 e. The second-order valence-electron chi connectivity index (χ2n) is 6.67. The summed E-state index contributed by atoms with van der Waals surface area (Å²) in [6.45, 7) is 0. The second-order valence-corrected chi connectivity index (χ2v) is 6.67. The molecule has 1 unspecified atom stereocenters. The third-order valence-electron chi connectivity index (χ3n) is 4.97. The van der Waals surface area contributed by atoms with E-state index < -0.39 is 0 Å². The standard InChI is InChI=1S/C20H15N7/c1-2-4-14-13(3-1)21-19(22-14)11-5-7-15-17(9-11)24-20(23-15)12-6-8-16-18(10-12)26-27-25-16/h1-10,20,23-24H,(H,21,22)(H,25,26,27). The lowest BCUT2D eigenvalue weighted by molar-refractivity contribution is 0.941. The minimum atomic E-state index is -0.00739. The first-order valence-electron chi connectivity index (χ1n) is 8.76. The topological polar surface area (TPSA) is 94.3 Å². The predicted molar refractivity (Wildman–Crippen MR) is 105 cm³/mol. The Morgan fingerprint density at radius 1 is 0.778 bits per heavy atom. The molecule has 4 N–H and O–H groups in total. The number of aromatic amines is 2. The highest BCUT2D eigenvalue weighted by Gasteiger charge is 2.22. The molecule has 0 spiro atoms. The van der Waals surface area contributed by atoms with Crippen molar-refractivity contribution in [3.05, 3.63) is 66.2 Å². The number of benzene rings is 3. The Balaban J connectivity index is 1.34. The van der Waals surface area contributed by atoms with Crippen LogP contribution in [-0.2, 0) is 0 Å². The van der Waals surface area contributed by atoms with E-state index in [1.54, 1.807) is 0 Å². The van der Waals surface area contributed by atoms with Crippen LogP contribution < -0.4 is 10.6 Å². The van der Waals surface area contributed by atoms with E-state index in [1.807, 2.05) is 36.4 Å². The Hall–Kier alpha value is -3.87. The Bertz CT molecular complexity index is 1270. The molecule has 5 aromatic rings. The van der Waals surface area contributed by atoms with Crippen LogP contribution in [-0.4, -0.2) is 25.4 Å². The molecule has 0 saturated heterocycles. The van der Waals surface area contributed by atoms with Crippen LogP contribution in [0.3, 0.4) is 0 Å². The SMILES string of the molecule is c1ccc2[nH]c(-c3ccc4c(c3)NC(c3ccc5[nH]nnc5c3)N4)nc2c1. The minimum Gasteiger partial charge on any atom is -0.360 e. The first kappa shape index (κ1) is 14.3. The van der Waals surface area contributed by atoms with Gasteiger partial charge in [0.2, 0.25) is 0 Å². The molecule has 0 saturated carbocycles. The van der Waals surface area contributed by atoms with Crippen LogP contribution in [0, 0.1) is 0 Å². The van der Waals surface area contributed by atoms with Gasteiger partial charge in [-0.25, -0.2) is 4.98 Å². The molecule has 0 amide bonds. The van der Waals surface area contributed by atoms with E-state index in [1.165, 1.54) is 0 Å². The quantitative estimate of drug-likeness (QED) is 0.384. The van der Waals surface area contributed by atoms with Crippen LogP contribution >= 0.6 is 0 Å². The van der Waals surface area contributed by atoms with E-state index in [9.17, 15) is 0 Å². The van der Waals surface area contributed by atoms with Crippen molar-refractivity contribution in [1.29, 1.82) is 0 Å². The van der Waals surface area contributed by atoms with Gasteiger partial charge in [0.15, 0.2) is 0 Å². The normalized spacial score (nSPS) is 15.6. The van der Waals surface area contributed by atoms with Crippen molar-refractivity contribution >= 4 is 33.4 Å². The summed E-state index contributed by atoms with van der Waals surface area (Å²) in [4.78, 5) is 8.08. The number of nitrogens with one attached hydrogen (secondary N) is 4. The molecular formula is C20H15N7.